The fraction of sp³-hybridized carbons (Fsp3) is 0.125. The number of rotatable bonds is 6. The fourth-order valence-electron chi connectivity index (χ4n) is 2.17. The lowest BCUT2D eigenvalue weighted by molar-refractivity contribution is -0.383. The van der Waals surface area contributed by atoms with Gasteiger partial charge in [-0.2, -0.15) is 4.68 Å². The Bertz CT molecular complexity index is 941. The number of nitrogens with zero attached hydrogens (tertiary/aromatic N) is 5. The van der Waals surface area contributed by atoms with Gasteiger partial charge in [-0.05, 0) is 35.5 Å². The van der Waals surface area contributed by atoms with Crippen LogP contribution in [-0.2, 0) is 4.79 Å². The summed E-state index contributed by atoms with van der Waals surface area (Å²) in [5.74, 6) is -0.374. The van der Waals surface area contributed by atoms with Crippen molar-refractivity contribution in [3.05, 3.63) is 64.2 Å². The molecule has 132 valence electrons. The maximum absolute atomic E-state index is 12.1. The van der Waals surface area contributed by atoms with Crippen molar-refractivity contribution in [2.75, 3.05) is 11.1 Å². The van der Waals surface area contributed by atoms with Gasteiger partial charge in [0.05, 0.1) is 16.4 Å². The Balaban J connectivity index is 1.67. The normalized spacial score (nSPS) is 10.5. The van der Waals surface area contributed by atoms with Gasteiger partial charge in [0.25, 0.3) is 5.69 Å². The van der Waals surface area contributed by atoms with Gasteiger partial charge < -0.3 is 5.32 Å². The number of nitrogens with one attached hydrogen (secondary N) is 1. The lowest BCUT2D eigenvalue weighted by Crippen LogP contribution is -2.15. The highest BCUT2D eigenvalue weighted by Crippen LogP contribution is 2.24. The molecule has 10 heteroatoms. The zero-order valence-corrected chi connectivity index (χ0v) is 14.5. The number of amides is 1. The molecule has 3 rings (SSSR count). The highest BCUT2D eigenvalue weighted by Gasteiger charge is 2.16. The molecule has 0 aliphatic heterocycles. The van der Waals surface area contributed by atoms with Crippen LogP contribution >= 0.6 is 11.8 Å². The van der Waals surface area contributed by atoms with Crippen molar-refractivity contribution in [2.24, 2.45) is 0 Å². The maximum atomic E-state index is 12.1. The number of tetrazole rings is 1. The second-order valence-corrected chi connectivity index (χ2v) is 6.26. The number of anilines is 1. The minimum absolute atomic E-state index is 0.0122. The summed E-state index contributed by atoms with van der Waals surface area (Å²) in [6.45, 7) is 1.98. The van der Waals surface area contributed by atoms with Crippen molar-refractivity contribution in [3.63, 3.8) is 0 Å². The van der Waals surface area contributed by atoms with Crippen LogP contribution in [0.5, 0.6) is 0 Å². The molecule has 1 N–H and O–H groups in total. The highest BCUT2D eigenvalue weighted by atomic mass is 32.2. The molecule has 0 bridgehead atoms. The van der Waals surface area contributed by atoms with E-state index in [1.54, 1.807) is 6.07 Å². The largest absolute Gasteiger partial charge is 0.320 e. The van der Waals surface area contributed by atoms with Gasteiger partial charge in [-0.25, -0.2) is 0 Å². The van der Waals surface area contributed by atoms with Crippen LogP contribution in [0, 0.1) is 17.0 Å². The molecule has 9 nitrogen and oxygen atoms in total. The van der Waals surface area contributed by atoms with Crippen LogP contribution in [0.3, 0.4) is 0 Å². The fourth-order valence-corrected chi connectivity index (χ4v) is 2.86. The Kier molecular flexibility index (Phi) is 5.23. The van der Waals surface area contributed by atoms with E-state index in [0.717, 1.165) is 23.0 Å². The molecule has 0 spiro atoms. The van der Waals surface area contributed by atoms with Gasteiger partial charge in [0.2, 0.25) is 11.1 Å². The van der Waals surface area contributed by atoms with Gasteiger partial charge >= 0.3 is 0 Å². The van der Waals surface area contributed by atoms with E-state index < -0.39 is 4.92 Å². The van der Waals surface area contributed by atoms with Gasteiger partial charge in [0.15, 0.2) is 0 Å². The first-order valence-corrected chi connectivity index (χ1v) is 8.54. The minimum atomic E-state index is -0.541. The molecule has 0 fully saturated rings. The Labute approximate surface area is 152 Å². The minimum Gasteiger partial charge on any atom is -0.320 e. The SMILES string of the molecule is Cc1ccc(-n2nnnc2SCC(=O)Nc2ccccc2[N+](=O)[O-])cc1. The second-order valence-electron chi connectivity index (χ2n) is 5.32. The number of hydrogen-bond donors (Lipinski definition) is 1. The molecule has 0 aliphatic carbocycles. The van der Waals surface area contributed by atoms with Crippen molar-refractivity contribution in [1.29, 1.82) is 0 Å². The van der Waals surface area contributed by atoms with Crippen LogP contribution < -0.4 is 5.32 Å². The van der Waals surface area contributed by atoms with Gasteiger partial charge in [-0.15, -0.1) is 5.10 Å². The first kappa shape index (κ1) is 17.5. The Hall–Kier alpha value is -3.27. The van der Waals surface area contributed by atoms with E-state index in [4.69, 9.17) is 0 Å². The van der Waals surface area contributed by atoms with Gasteiger partial charge in [0, 0.05) is 6.07 Å². The molecule has 26 heavy (non-hydrogen) atoms. The molecule has 1 heterocycles. The summed E-state index contributed by atoms with van der Waals surface area (Å²) < 4.78 is 1.53. The van der Waals surface area contributed by atoms with Crippen molar-refractivity contribution >= 4 is 29.0 Å². The van der Waals surface area contributed by atoms with Crippen LogP contribution in [-0.4, -0.2) is 36.8 Å². The Morgan fingerprint density at radius 1 is 1.23 bits per heavy atom. The third kappa shape index (κ3) is 4.03. The average Bonchev–Trinajstić information content (AvgIpc) is 3.09. The van der Waals surface area contributed by atoms with Crippen molar-refractivity contribution < 1.29 is 9.72 Å². The lowest BCUT2D eigenvalue weighted by atomic mass is 10.2. The molecular weight excluding hydrogens is 356 g/mol. The Morgan fingerprint density at radius 3 is 2.69 bits per heavy atom. The summed E-state index contributed by atoms with van der Waals surface area (Å²) in [7, 11) is 0. The average molecular weight is 370 g/mol. The van der Waals surface area contributed by atoms with E-state index in [2.05, 4.69) is 20.8 Å². The molecule has 1 aromatic heterocycles. The van der Waals surface area contributed by atoms with Crippen molar-refractivity contribution in [2.45, 2.75) is 12.1 Å². The van der Waals surface area contributed by atoms with Gasteiger partial charge in [-0.3, -0.25) is 14.9 Å². The summed E-state index contributed by atoms with van der Waals surface area (Å²) in [5.41, 5.74) is 1.89. The van der Waals surface area contributed by atoms with Gasteiger partial charge in [-0.1, -0.05) is 41.6 Å². The summed E-state index contributed by atoms with van der Waals surface area (Å²) in [5, 5.41) is 25.5. The number of carbonyl (C=O) groups excluding carboxylic acids is 1. The molecule has 0 saturated heterocycles. The quantitative estimate of drug-likeness (QED) is 0.403. The lowest BCUT2D eigenvalue weighted by Gasteiger charge is -2.06. The molecular formula is C16H14N6O3S. The number of nitro benzene ring substituents is 1. The molecule has 1 amide bonds. The predicted octanol–water partition coefficient (Wildman–Crippen LogP) is 2.61. The third-order valence-electron chi connectivity index (χ3n) is 3.43. The molecule has 2 aromatic carbocycles. The number of carbonyl (C=O) groups is 1. The summed E-state index contributed by atoms with van der Waals surface area (Å²) in [6, 6.07) is 13.6. The van der Waals surface area contributed by atoms with E-state index in [1.807, 2.05) is 31.2 Å². The Morgan fingerprint density at radius 2 is 1.96 bits per heavy atom. The molecule has 0 unspecified atom stereocenters. The molecule has 0 radical (unpaired) electrons. The van der Waals surface area contributed by atoms with E-state index in [-0.39, 0.29) is 23.0 Å². The smallest absolute Gasteiger partial charge is 0.292 e. The highest BCUT2D eigenvalue weighted by molar-refractivity contribution is 7.99. The summed E-state index contributed by atoms with van der Waals surface area (Å²) >= 11 is 1.14. The first-order valence-electron chi connectivity index (χ1n) is 7.56. The zero-order valence-electron chi connectivity index (χ0n) is 13.7. The number of aromatic nitrogens is 4. The van der Waals surface area contributed by atoms with E-state index in [9.17, 15) is 14.9 Å². The van der Waals surface area contributed by atoms with Crippen molar-refractivity contribution in [3.8, 4) is 5.69 Å². The van der Waals surface area contributed by atoms with Crippen LogP contribution in [0.2, 0.25) is 0 Å². The predicted molar refractivity (Wildman–Crippen MR) is 96.3 cm³/mol. The van der Waals surface area contributed by atoms with E-state index in [1.165, 1.54) is 22.9 Å². The van der Waals surface area contributed by atoms with Crippen LogP contribution in [0.25, 0.3) is 5.69 Å². The summed E-state index contributed by atoms with van der Waals surface area (Å²) in [4.78, 5) is 22.6. The van der Waals surface area contributed by atoms with Gasteiger partial charge in [0.1, 0.15) is 5.69 Å². The molecule has 0 saturated carbocycles. The van der Waals surface area contributed by atoms with E-state index in [0.29, 0.717) is 5.16 Å². The molecule has 0 aliphatic rings. The standard InChI is InChI=1S/C16H14N6O3S/c1-11-6-8-12(9-7-11)21-16(18-19-20-21)26-10-15(23)17-13-4-2-3-5-14(13)22(24)25/h2-9H,10H2,1H3,(H,17,23). The number of nitro groups is 1. The van der Waals surface area contributed by atoms with Crippen LogP contribution in [0.4, 0.5) is 11.4 Å². The van der Waals surface area contributed by atoms with Crippen molar-refractivity contribution in [1.82, 2.24) is 20.2 Å². The molecule has 3 aromatic rings. The van der Waals surface area contributed by atoms with E-state index >= 15 is 0 Å². The number of hydrogen-bond acceptors (Lipinski definition) is 7. The molecule has 0 atom stereocenters. The zero-order chi connectivity index (χ0) is 18.5. The van der Waals surface area contributed by atoms with Crippen LogP contribution in [0.15, 0.2) is 53.7 Å². The number of benzene rings is 2. The number of para-hydroxylation sites is 2. The topological polar surface area (TPSA) is 116 Å². The first-order chi connectivity index (χ1) is 12.5. The maximum Gasteiger partial charge on any atom is 0.292 e. The summed E-state index contributed by atoms with van der Waals surface area (Å²) in [6.07, 6.45) is 0. The monoisotopic (exact) mass is 370 g/mol. The number of aryl methyl sites for hydroxylation is 1. The second kappa shape index (κ2) is 7.74. The van der Waals surface area contributed by atoms with Crippen LogP contribution in [0.1, 0.15) is 5.56 Å². The third-order valence-corrected chi connectivity index (χ3v) is 4.35. The number of thioether (sulfide) groups is 1.